The van der Waals surface area contributed by atoms with Gasteiger partial charge in [-0.15, -0.1) is 0 Å². The van der Waals surface area contributed by atoms with Crippen LogP contribution in [0.3, 0.4) is 0 Å². The third kappa shape index (κ3) is 1.09. The third-order valence-corrected chi connectivity index (χ3v) is 1.25. The summed E-state index contributed by atoms with van der Waals surface area (Å²) in [6.45, 7) is 0. The number of nitrogens with one attached hydrogen (secondary N) is 1. The number of hydrogen-bond acceptors (Lipinski definition) is 1. The lowest BCUT2D eigenvalue weighted by Gasteiger charge is -1.92. The van der Waals surface area contributed by atoms with Gasteiger partial charge in [-0.25, -0.2) is 0 Å². The van der Waals surface area contributed by atoms with E-state index in [1.807, 2.05) is 6.08 Å². The maximum absolute atomic E-state index is 9.68. The van der Waals surface area contributed by atoms with Gasteiger partial charge in [-0.1, -0.05) is 6.08 Å². The molecule has 1 radical (unpaired) electrons. The molecule has 0 aromatic rings. The van der Waals surface area contributed by atoms with Crippen LogP contribution in [0, 0.1) is 0 Å². The van der Waals surface area contributed by atoms with Gasteiger partial charge in [0.15, 0.2) is 0 Å². The minimum Gasteiger partial charge on any atom is -0.322 e. The van der Waals surface area contributed by atoms with Crippen molar-refractivity contribution in [1.82, 2.24) is 5.32 Å². The lowest BCUT2D eigenvalue weighted by molar-refractivity contribution is 0.547. The van der Waals surface area contributed by atoms with Crippen molar-refractivity contribution in [3.63, 3.8) is 0 Å². The summed E-state index contributed by atoms with van der Waals surface area (Å²) in [6, 6.07) is 0. The first-order chi connectivity index (χ1) is 3.93. The van der Waals surface area contributed by atoms with Crippen molar-refractivity contribution >= 4 is 6.41 Å². The van der Waals surface area contributed by atoms with Crippen LogP contribution in [-0.4, -0.2) is 6.41 Å². The van der Waals surface area contributed by atoms with Crippen LogP contribution in [0.25, 0.3) is 0 Å². The van der Waals surface area contributed by atoms with Gasteiger partial charge in [0.1, 0.15) is 0 Å². The summed E-state index contributed by atoms with van der Waals surface area (Å²) >= 11 is 0. The molecule has 1 amide bonds. The van der Waals surface area contributed by atoms with Gasteiger partial charge < -0.3 is 5.32 Å². The maximum Gasteiger partial charge on any atom is 0.313 e. The van der Waals surface area contributed by atoms with Gasteiger partial charge in [0.25, 0.3) is 0 Å². The smallest absolute Gasteiger partial charge is 0.313 e. The Balaban J connectivity index is 2.33. The van der Waals surface area contributed by atoms with Crippen LogP contribution in [-0.2, 0) is 4.79 Å². The van der Waals surface area contributed by atoms with Crippen molar-refractivity contribution in [2.75, 3.05) is 0 Å². The highest BCUT2D eigenvalue weighted by Gasteiger charge is 2.01. The van der Waals surface area contributed by atoms with Crippen molar-refractivity contribution in [2.24, 2.45) is 0 Å². The molecule has 0 fully saturated rings. The Bertz CT molecular complexity index is 118. The standard InChI is InChI=1S/C6H8NO/c8-5-7-6-3-1-2-4-6/h3H,1-2,4H2,(H,7,8). The van der Waals surface area contributed by atoms with E-state index in [1.165, 1.54) is 6.42 Å². The minimum atomic E-state index is 1.01. The summed E-state index contributed by atoms with van der Waals surface area (Å²) in [5.74, 6) is 0. The zero-order chi connectivity index (χ0) is 5.82. The largest absolute Gasteiger partial charge is 0.322 e. The average molecular weight is 110 g/mol. The monoisotopic (exact) mass is 110 g/mol. The van der Waals surface area contributed by atoms with E-state index in [0.717, 1.165) is 18.5 Å². The van der Waals surface area contributed by atoms with Gasteiger partial charge in [-0.05, 0) is 19.3 Å². The van der Waals surface area contributed by atoms with Crippen LogP contribution in [0.2, 0.25) is 0 Å². The molecule has 0 heterocycles. The molecule has 0 bridgehead atoms. The van der Waals surface area contributed by atoms with Crippen molar-refractivity contribution < 1.29 is 4.79 Å². The van der Waals surface area contributed by atoms with E-state index >= 15 is 0 Å². The van der Waals surface area contributed by atoms with Crippen molar-refractivity contribution in [2.45, 2.75) is 19.3 Å². The molecular weight excluding hydrogens is 102 g/mol. The molecule has 1 aliphatic rings. The molecule has 0 spiro atoms. The average Bonchev–Trinajstić information content (AvgIpc) is 2.19. The molecule has 8 heavy (non-hydrogen) atoms. The quantitative estimate of drug-likeness (QED) is 0.521. The second-order valence-electron chi connectivity index (χ2n) is 1.85. The Kier molecular flexibility index (Phi) is 1.67. The van der Waals surface area contributed by atoms with Gasteiger partial charge in [0.2, 0.25) is 0 Å². The van der Waals surface area contributed by atoms with E-state index in [-0.39, 0.29) is 0 Å². The van der Waals surface area contributed by atoms with Crippen LogP contribution in [0.5, 0.6) is 0 Å². The molecule has 0 saturated carbocycles. The van der Waals surface area contributed by atoms with Gasteiger partial charge >= 0.3 is 6.41 Å². The minimum absolute atomic E-state index is 1.01. The number of amides is 1. The van der Waals surface area contributed by atoms with E-state index in [2.05, 4.69) is 5.32 Å². The predicted octanol–water partition coefficient (Wildman–Crippen LogP) is 0.711. The third-order valence-electron chi connectivity index (χ3n) is 1.25. The normalized spacial score (nSPS) is 17.8. The predicted molar refractivity (Wildman–Crippen MR) is 30.8 cm³/mol. The highest BCUT2D eigenvalue weighted by molar-refractivity contribution is 5.51. The summed E-state index contributed by atoms with van der Waals surface area (Å²) in [4.78, 5) is 9.68. The molecule has 43 valence electrons. The van der Waals surface area contributed by atoms with Crippen LogP contribution in [0.15, 0.2) is 11.8 Å². The fourth-order valence-electron chi connectivity index (χ4n) is 0.850. The van der Waals surface area contributed by atoms with E-state index in [1.54, 1.807) is 6.41 Å². The van der Waals surface area contributed by atoms with Crippen LogP contribution >= 0.6 is 0 Å². The van der Waals surface area contributed by atoms with Gasteiger partial charge in [-0.3, -0.25) is 4.79 Å². The first-order valence-corrected chi connectivity index (χ1v) is 2.75. The zero-order valence-corrected chi connectivity index (χ0v) is 4.61. The molecule has 1 rings (SSSR count). The Labute approximate surface area is 48.6 Å². The number of hydrogen-bond donors (Lipinski definition) is 1. The molecule has 0 aromatic carbocycles. The van der Waals surface area contributed by atoms with Crippen molar-refractivity contribution in [3.8, 4) is 0 Å². The Morgan fingerprint density at radius 3 is 3.12 bits per heavy atom. The van der Waals surface area contributed by atoms with Crippen LogP contribution in [0.1, 0.15) is 19.3 Å². The van der Waals surface area contributed by atoms with Crippen molar-refractivity contribution in [3.05, 3.63) is 11.8 Å². The molecular formula is C6H8NO. The Morgan fingerprint density at radius 1 is 1.75 bits per heavy atom. The van der Waals surface area contributed by atoms with Gasteiger partial charge in [0, 0.05) is 5.70 Å². The van der Waals surface area contributed by atoms with E-state index in [0.29, 0.717) is 0 Å². The molecule has 0 unspecified atom stereocenters. The summed E-state index contributed by atoms with van der Waals surface area (Å²) < 4.78 is 0. The van der Waals surface area contributed by atoms with Gasteiger partial charge in [0.05, 0.1) is 0 Å². The van der Waals surface area contributed by atoms with Gasteiger partial charge in [-0.2, -0.15) is 0 Å². The summed E-state index contributed by atoms with van der Waals surface area (Å²) in [5.41, 5.74) is 1.03. The molecule has 0 aliphatic heterocycles. The Morgan fingerprint density at radius 2 is 2.62 bits per heavy atom. The number of carbonyl (C=O) groups excluding carboxylic acids is 1. The summed E-state index contributed by atoms with van der Waals surface area (Å²) in [7, 11) is 0. The lowest BCUT2D eigenvalue weighted by Crippen LogP contribution is -2.06. The highest BCUT2D eigenvalue weighted by atomic mass is 16.1. The SMILES string of the molecule is O=[C]NC1=CCCC1. The lowest BCUT2D eigenvalue weighted by atomic mass is 10.3. The fourth-order valence-corrected chi connectivity index (χ4v) is 0.850. The molecule has 1 N–H and O–H groups in total. The van der Waals surface area contributed by atoms with Crippen LogP contribution in [0.4, 0.5) is 0 Å². The molecule has 0 atom stereocenters. The first kappa shape index (κ1) is 5.35. The zero-order valence-electron chi connectivity index (χ0n) is 4.61. The summed E-state index contributed by atoms with van der Waals surface area (Å²) in [5, 5.41) is 2.50. The second-order valence-corrected chi connectivity index (χ2v) is 1.85. The van der Waals surface area contributed by atoms with Crippen LogP contribution < -0.4 is 5.32 Å². The highest BCUT2D eigenvalue weighted by Crippen LogP contribution is 2.13. The van der Waals surface area contributed by atoms with E-state index < -0.39 is 0 Å². The number of rotatable bonds is 2. The molecule has 2 nitrogen and oxygen atoms in total. The van der Waals surface area contributed by atoms with E-state index in [4.69, 9.17) is 0 Å². The summed E-state index contributed by atoms with van der Waals surface area (Å²) in [6.07, 6.45) is 6.96. The number of allylic oxidation sites excluding steroid dienone is 2. The van der Waals surface area contributed by atoms with E-state index in [9.17, 15) is 4.79 Å². The molecule has 1 aliphatic carbocycles. The maximum atomic E-state index is 9.68. The molecule has 0 saturated heterocycles. The topological polar surface area (TPSA) is 29.1 Å². The van der Waals surface area contributed by atoms with Crippen molar-refractivity contribution in [1.29, 1.82) is 0 Å². The molecule has 2 heteroatoms. The molecule has 0 aromatic heterocycles. The second kappa shape index (κ2) is 2.50. The fraction of sp³-hybridized carbons (Fsp3) is 0.500. The Hall–Kier alpha value is -0.790. The first-order valence-electron chi connectivity index (χ1n) is 2.75.